The second kappa shape index (κ2) is 11.6. The van der Waals surface area contributed by atoms with Crippen molar-refractivity contribution in [3.05, 3.63) is 76.0 Å². The number of nitrogens with one attached hydrogen (secondary N) is 1. The molecule has 0 saturated carbocycles. The molecule has 0 radical (unpaired) electrons. The molecule has 5 rings (SSSR count). The Morgan fingerprint density at radius 1 is 1.10 bits per heavy atom. The van der Waals surface area contributed by atoms with Crippen LogP contribution in [0.15, 0.2) is 53.7 Å². The van der Waals surface area contributed by atoms with Gasteiger partial charge in [-0.2, -0.15) is 0 Å². The van der Waals surface area contributed by atoms with Crippen LogP contribution in [0.2, 0.25) is 0 Å². The highest BCUT2D eigenvalue weighted by Crippen LogP contribution is 2.41. The molecule has 2 aromatic carbocycles. The number of β-lactam (4-membered cyclic amide) rings is 1. The van der Waals surface area contributed by atoms with Crippen molar-refractivity contribution in [2.75, 3.05) is 11.6 Å². The summed E-state index contributed by atoms with van der Waals surface area (Å²) in [4.78, 5) is 53.0. The number of fused-ring (bicyclic) bond motifs is 2. The number of amides is 2. The number of benzene rings is 2. The van der Waals surface area contributed by atoms with Crippen molar-refractivity contribution in [1.29, 1.82) is 0 Å². The molecule has 2 aromatic rings. The number of alkyl halides is 3. The molecule has 0 spiro atoms. The molecular formula is C28H25Cl3N2O6S. The average Bonchev–Trinajstić information content (AvgIpc) is 3.39. The largest absolute Gasteiger partial charge is 0.423 e. The lowest BCUT2D eigenvalue weighted by Gasteiger charge is -2.49. The summed E-state index contributed by atoms with van der Waals surface area (Å²) in [6.45, 7) is 1.70. The minimum atomic E-state index is -1.94. The molecule has 1 fully saturated rings. The number of hydrogen-bond acceptors (Lipinski definition) is 7. The van der Waals surface area contributed by atoms with Gasteiger partial charge in [0.25, 0.3) is 10.4 Å². The van der Waals surface area contributed by atoms with Crippen molar-refractivity contribution >= 4 is 70.3 Å². The number of thioether (sulfide) groups is 1. The molecule has 2 heterocycles. The molecule has 8 nitrogen and oxygen atoms in total. The first-order chi connectivity index (χ1) is 19.1. The van der Waals surface area contributed by atoms with Crippen LogP contribution in [0.5, 0.6) is 5.75 Å². The van der Waals surface area contributed by atoms with Crippen LogP contribution in [0.3, 0.4) is 0 Å². The molecule has 3 aliphatic rings. The monoisotopic (exact) mass is 622 g/mol. The number of carbonyl (C=O) groups excluding carboxylic acids is 4. The number of ether oxygens (including phenoxy) is 2. The van der Waals surface area contributed by atoms with E-state index in [1.54, 1.807) is 37.3 Å². The third-order valence-electron chi connectivity index (χ3n) is 6.94. The molecule has 1 N–H and O–H groups in total. The molecular weight excluding hydrogens is 599 g/mol. The van der Waals surface area contributed by atoms with Crippen LogP contribution < -0.4 is 10.1 Å². The zero-order chi connectivity index (χ0) is 28.6. The van der Waals surface area contributed by atoms with Gasteiger partial charge in [0.1, 0.15) is 22.9 Å². The van der Waals surface area contributed by atoms with E-state index in [9.17, 15) is 19.2 Å². The van der Waals surface area contributed by atoms with Crippen LogP contribution in [0.1, 0.15) is 40.4 Å². The van der Waals surface area contributed by atoms with Gasteiger partial charge in [-0.3, -0.25) is 14.5 Å². The third-order valence-corrected chi connectivity index (χ3v) is 9.43. The number of hydrogen-bond donors (Lipinski definition) is 1. The third kappa shape index (κ3) is 5.84. The second-order valence-electron chi connectivity index (χ2n) is 9.75. The fourth-order valence-electron chi connectivity index (χ4n) is 5.02. The van der Waals surface area contributed by atoms with Gasteiger partial charge in [-0.15, -0.1) is 23.4 Å². The van der Waals surface area contributed by atoms with E-state index in [4.69, 9.17) is 44.3 Å². The second-order valence-corrected chi connectivity index (χ2v) is 12.5. The van der Waals surface area contributed by atoms with E-state index in [-0.39, 0.29) is 23.6 Å². The maximum absolute atomic E-state index is 13.0. The number of nitrogens with zero attached hydrogens (tertiary/aromatic N) is 1. The van der Waals surface area contributed by atoms with Crippen molar-refractivity contribution < 1.29 is 28.7 Å². The molecule has 40 heavy (non-hydrogen) atoms. The average molecular weight is 624 g/mol. The van der Waals surface area contributed by atoms with E-state index in [0.29, 0.717) is 22.6 Å². The van der Waals surface area contributed by atoms with Gasteiger partial charge in [-0.25, -0.2) is 9.59 Å². The number of rotatable bonds is 8. The SMILES string of the molecule is CC1=C(C(=O)OC(Cl)(Cl)CCl)N2C(=O)C(NC(=O)Cc3ccccc3C(=O)Oc3ccc4c(c3)CCC4)[C@H]2SC1. The van der Waals surface area contributed by atoms with E-state index >= 15 is 0 Å². The summed E-state index contributed by atoms with van der Waals surface area (Å²) in [7, 11) is 0. The predicted molar refractivity (Wildman–Crippen MR) is 153 cm³/mol. The Morgan fingerprint density at radius 3 is 2.62 bits per heavy atom. The normalized spacial score (nSPS) is 19.9. The Labute approximate surface area is 250 Å². The highest BCUT2D eigenvalue weighted by molar-refractivity contribution is 8.00. The van der Waals surface area contributed by atoms with Crippen LogP contribution in [0, 0.1) is 0 Å². The number of aryl methyl sites for hydroxylation is 2. The molecule has 210 valence electrons. The van der Waals surface area contributed by atoms with E-state index in [1.165, 1.54) is 27.8 Å². The molecule has 1 unspecified atom stereocenters. The molecule has 2 atom stereocenters. The van der Waals surface area contributed by atoms with Crippen molar-refractivity contribution in [3.63, 3.8) is 0 Å². The summed E-state index contributed by atoms with van der Waals surface area (Å²) in [5, 5.41) is 2.23. The number of halogens is 3. The summed E-state index contributed by atoms with van der Waals surface area (Å²) < 4.78 is 8.74. The van der Waals surface area contributed by atoms with Gasteiger partial charge in [0.05, 0.1) is 17.9 Å². The Morgan fingerprint density at radius 2 is 1.85 bits per heavy atom. The molecule has 2 amide bonds. The topological polar surface area (TPSA) is 102 Å². The molecule has 1 aliphatic carbocycles. The zero-order valence-electron chi connectivity index (χ0n) is 21.4. The van der Waals surface area contributed by atoms with Crippen LogP contribution in [-0.2, 0) is 38.4 Å². The first kappa shape index (κ1) is 28.8. The molecule has 0 aromatic heterocycles. The van der Waals surface area contributed by atoms with Gasteiger partial charge in [0.2, 0.25) is 5.91 Å². The lowest BCUT2D eigenvalue weighted by atomic mass is 10.0. The van der Waals surface area contributed by atoms with Gasteiger partial charge in [0.15, 0.2) is 0 Å². The first-order valence-electron chi connectivity index (χ1n) is 12.6. The van der Waals surface area contributed by atoms with Gasteiger partial charge >= 0.3 is 11.9 Å². The minimum absolute atomic E-state index is 0.0367. The van der Waals surface area contributed by atoms with E-state index in [2.05, 4.69) is 5.32 Å². The van der Waals surface area contributed by atoms with Gasteiger partial charge in [0, 0.05) is 5.75 Å². The zero-order valence-corrected chi connectivity index (χ0v) is 24.5. The van der Waals surface area contributed by atoms with Gasteiger partial charge < -0.3 is 14.8 Å². The first-order valence-corrected chi connectivity index (χ1v) is 14.9. The fourth-order valence-corrected chi connectivity index (χ4v) is 6.51. The van der Waals surface area contributed by atoms with Crippen LogP contribution in [-0.4, -0.2) is 56.2 Å². The Balaban J connectivity index is 1.23. The molecule has 12 heteroatoms. The fraction of sp³-hybridized carbons (Fsp3) is 0.357. The summed E-state index contributed by atoms with van der Waals surface area (Å²) in [5.74, 6) is -1.82. The van der Waals surface area contributed by atoms with Crippen molar-refractivity contribution in [2.24, 2.45) is 0 Å². The van der Waals surface area contributed by atoms with E-state index in [0.717, 1.165) is 19.3 Å². The lowest BCUT2D eigenvalue weighted by Crippen LogP contribution is -2.70. The van der Waals surface area contributed by atoms with E-state index < -0.39 is 39.7 Å². The molecule has 2 aliphatic heterocycles. The standard InChI is InChI=1S/C28H25Cl3N2O6S/c1-15-13-40-25-22(24(35)33(25)23(15)27(37)39-28(30,31)14-29)32-21(34)12-18-5-2-3-8-20(18)26(36)38-19-10-9-16-6-4-7-17(16)11-19/h2-3,5,8-11,22,25H,4,6-7,12-14H2,1H3,(H,32,34)/t22?,25-/m1/s1. The number of carbonyl (C=O) groups is 4. The Bertz CT molecular complexity index is 1430. The number of esters is 2. The van der Waals surface area contributed by atoms with Crippen LogP contribution in [0.4, 0.5) is 0 Å². The summed E-state index contributed by atoms with van der Waals surface area (Å²) >= 11 is 18.8. The highest BCUT2D eigenvalue weighted by atomic mass is 35.5. The summed E-state index contributed by atoms with van der Waals surface area (Å²) in [5.41, 5.74) is 3.83. The van der Waals surface area contributed by atoms with E-state index in [1.807, 2.05) is 12.1 Å². The molecule has 1 saturated heterocycles. The maximum Gasteiger partial charge on any atom is 0.357 e. The minimum Gasteiger partial charge on any atom is -0.423 e. The highest BCUT2D eigenvalue weighted by Gasteiger charge is 2.54. The predicted octanol–water partition coefficient (Wildman–Crippen LogP) is 4.52. The summed E-state index contributed by atoms with van der Waals surface area (Å²) in [6.07, 6.45) is 2.93. The van der Waals surface area contributed by atoms with Crippen molar-refractivity contribution in [1.82, 2.24) is 10.2 Å². The Kier molecular flexibility index (Phi) is 8.38. The quantitative estimate of drug-likeness (QED) is 0.200. The molecule has 0 bridgehead atoms. The van der Waals surface area contributed by atoms with Crippen molar-refractivity contribution in [2.45, 2.75) is 48.5 Å². The Hall–Kier alpha value is -2.72. The smallest absolute Gasteiger partial charge is 0.357 e. The van der Waals surface area contributed by atoms with Gasteiger partial charge in [-0.05, 0) is 66.6 Å². The lowest BCUT2D eigenvalue weighted by molar-refractivity contribution is -0.154. The summed E-state index contributed by atoms with van der Waals surface area (Å²) in [6, 6.07) is 11.5. The van der Waals surface area contributed by atoms with Crippen molar-refractivity contribution in [3.8, 4) is 5.75 Å². The maximum atomic E-state index is 13.0. The van der Waals surface area contributed by atoms with Crippen LogP contribution >= 0.6 is 46.6 Å². The van der Waals surface area contributed by atoms with Crippen LogP contribution in [0.25, 0.3) is 0 Å². The van der Waals surface area contributed by atoms with Gasteiger partial charge in [-0.1, -0.05) is 47.5 Å².